The Balaban J connectivity index is 1.96. The molecule has 2 heterocycles. The number of aromatic amines is 2. The Morgan fingerprint density at radius 1 is 0.704 bits per heavy atom. The van der Waals surface area contributed by atoms with Crippen LogP contribution in [-0.4, -0.2) is 9.97 Å². The largest absolute Gasteiger partial charge is 0.354 e. The fourth-order valence-electron chi connectivity index (χ4n) is 3.55. The van der Waals surface area contributed by atoms with Gasteiger partial charge in [0.15, 0.2) is 10.9 Å². The lowest BCUT2D eigenvalue weighted by Gasteiger charge is -2.07. The predicted molar refractivity (Wildman–Crippen MR) is 120 cm³/mol. The molecule has 0 amide bonds. The Bertz CT molecular complexity index is 1520. The van der Waals surface area contributed by atoms with Gasteiger partial charge in [0.2, 0.25) is 0 Å². The van der Waals surface area contributed by atoms with Gasteiger partial charge in [-0.05, 0) is 48.0 Å². The molecule has 0 aliphatic rings. The second-order valence-electron chi connectivity index (χ2n) is 6.56. The number of fused-ring (bicyclic) bond motifs is 4. The number of H-pyrrole nitrogens is 2. The van der Waals surface area contributed by atoms with Crippen LogP contribution in [0.3, 0.4) is 0 Å². The Morgan fingerprint density at radius 2 is 1.22 bits per heavy atom. The number of aromatic nitrogens is 2. The van der Waals surface area contributed by atoms with Crippen LogP contribution in [0.15, 0.2) is 58.1 Å². The fraction of sp³-hybridized carbons (Fsp3) is 0.0476. The van der Waals surface area contributed by atoms with Crippen molar-refractivity contribution in [2.75, 3.05) is 0 Å². The summed E-state index contributed by atoms with van der Waals surface area (Å²) in [4.78, 5) is 32.6. The van der Waals surface area contributed by atoms with E-state index in [0.717, 1.165) is 15.5 Å². The quantitative estimate of drug-likeness (QED) is 0.193. The first-order valence-corrected chi connectivity index (χ1v) is 10.3. The highest BCUT2D eigenvalue weighted by molar-refractivity contribution is 14.1. The smallest absolute Gasteiger partial charge is 0.197 e. The van der Waals surface area contributed by atoms with E-state index in [2.05, 4.69) is 32.6 Å². The molecule has 132 valence electrons. The third-order valence-electron chi connectivity index (χ3n) is 4.89. The van der Waals surface area contributed by atoms with Crippen molar-refractivity contribution >= 4 is 77.8 Å². The summed E-state index contributed by atoms with van der Waals surface area (Å²) in [6, 6.07) is 14.5. The van der Waals surface area contributed by atoms with Gasteiger partial charge in [0.05, 0.1) is 11.0 Å². The zero-order valence-corrected chi connectivity index (χ0v) is 16.8. The zero-order chi connectivity index (χ0) is 18.7. The second-order valence-corrected chi connectivity index (χ2v) is 7.75. The molecule has 0 aliphatic carbocycles. The van der Waals surface area contributed by atoms with Gasteiger partial charge in [0.1, 0.15) is 0 Å². The molecule has 2 N–H and O–H groups in total. The highest BCUT2D eigenvalue weighted by atomic mass is 127. The first-order chi connectivity index (χ1) is 13.0. The van der Waals surface area contributed by atoms with Crippen LogP contribution in [0.5, 0.6) is 0 Å². The maximum Gasteiger partial charge on any atom is 0.197 e. The molecule has 5 rings (SSSR count). The highest BCUT2D eigenvalue weighted by Crippen LogP contribution is 2.23. The van der Waals surface area contributed by atoms with E-state index in [0.29, 0.717) is 43.1 Å². The van der Waals surface area contributed by atoms with Gasteiger partial charge in [-0.1, -0.05) is 40.3 Å². The molecule has 6 heteroatoms. The van der Waals surface area contributed by atoms with Crippen molar-refractivity contribution in [3.8, 4) is 0 Å². The van der Waals surface area contributed by atoms with Crippen LogP contribution >= 0.6 is 34.2 Å². The van der Waals surface area contributed by atoms with Crippen LogP contribution in [-0.2, 0) is 4.43 Å². The molecule has 0 radical (unpaired) electrons. The van der Waals surface area contributed by atoms with Crippen molar-refractivity contribution in [2.24, 2.45) is 0 Å². The Kier molecular flexibility index (Phi) is 3.77. The lowest BCUT2D eigenvalue weighted by atomic mass is 10.0. The van der Waals surface area contributed by atoms with Gasteiger partial charge >= 0.3 is 0 Å². The van der Waals surface area contributed by atoms with Gasteiger partial charge in [-0.15, -0.1) is 0 Å². The average Bonchev–Trinajstić information content (AvgIpc) is 2.68. The predicted octanol–water partition coefficient (Wildman–Crippen LogP) is 5.26. The maximum atomic E-state index is 13.1. The Labute approximate surface area is 171 Å². The van der Waals surface area contributed by atoms with E-state index < -0.39 is 0 Å². The van der Waals surface area contributed by atoms with E-state index in [4.69, 9.17) is 11.6 Å². The minimum absolute atomic E-state index is 0.0376. The van der Waals surface area contributed by atoms with Crippen LogP contribution in [0.25, 0.3) is 43.6 Å². The van der Waals surface area contributed by atoms with Crippen LogP contribution in [0.4, 0.5) is 0 Å². The topological polar surface area (TPSA) is 65.7 Å². The monoisotopic (exact) mass is 486 g/mol. The number of hydrogen-bond acceptors (Lipinski definition) is 2. The molecular weight excluding hydrogens is 475 g/mol. The number of nitrogens with one attached hydrogen (secondary N) is 2. The number of rotatable bonds is 1. The summed E-state index contributed by atoms with van der Waals surface area (Å²) in [5.74, 6) is 0. The minimum Gasteiger partial charge on any atom is -0.354 e. The molecule has 5 aromatic rings. The van der Waals surface area contributed by atoms with E-state index >= 15 is 0 Å². The van der Waals surface area contributed by atoms with Gasteiger partial charge in [-0.3, -0.25) is 9.59 Å². The molecule has 2 aromatic heterocycles. The molecule has 0 fully saturated rings. The first-order valence-electron chi connectivity index (χ1n) is 8.35. The summed E-state index contributed by atoms with van der Waals surface area (Å²) in [6.45, 7) is 0. The molecule has 0 aliphatic heterocycles. The molecule has 0 saturated carbocycles. The van der Waals surface area contributed by atoms with Crippen LogP contribution in [0.2, 0.25) is 5.02 Å². The molecule has 3 aromatic carbocycles. The summed E-state index contributed by atoms with van der Waals surface area (Å²) in [6.07, 6.45) is 0. The number of halogens is 2. The second kappa shape index (κ2) is 6.07. The highest BCUT2D eigenvalue weighted by Gasteiger charge is 2.11. The minimum atomic E-state index is -0.107. The van der Waals surface area contributed by atoms with E-state index in [-0.39, 0.29) is 10.9 Å². The summed E-state index contributed by atoms with van der Waals surface area (Å²) in [5.41, 5.74) is 3.70. The van der Waals surface area contributed by atoms with Gasteiger partial charge in [-0.25, -0.2) is 0 Å². The van der Waals surface area contributed by atoms with E-state index in [9.17, 15) is 9.59 Å². The zero-order valence-electron chi connectivity index (χ0n) is 13.9. The lowest BCUT2D eigenvalue weighted by Crippen LogP contribution is -2.08. The molecule has 0 spiro atoms. The standard InChI is InChI=1S/C21H12ClIN2O2/c22-11-2-4-17-13(6-11)21(27)15-8-18-14(7-19(15)25-17)20(26)12-5-10(9-23)1-3-16(12)24-18/h1-8H,9H2,(H,24,26)(H,25,27). The molecule has 0 saturated heterocycles. The Morgan fingerprint density at radius 3 is 1.81 bits per heavy atom. The maximum absolute atomic E-state index is 13.1. The molecule has 0 atom stereocenters. The third-order valence-corrected chi connectivity index (χ3v) is 6.01. The molecule has 0 bridgehead atoms. The molecule has 0 unspecified atom stereocenters. The Hall–Kier alpha value is -2.38. The van der Waals surface area contributed by atoms with Crippen LogP contribution < -0.4 is 10.9 Å². The van der Waals surface area contributed by atoms with E-state index in [1.807, 2.05) is 18.2 Å². The van der Waals surface area contributed by atoms with Crippen molar-refractivity contribution in [2.45, 2.75) is 4.43 Å². The molecular formula is C21H12ClIN2O2. The number of pyridine rings is 2. The van der Waals surface area contributed by atoms with Crippen molar-refractivity contribution in [3.63, 3.8) is 0 Å². The molecule has 27 heavy (non-hydrogen) atoms. The first kappa shape index (κ1) is 16.8. The van der Waals surface area contributed by atoms with E-state index in [1.54, 1.807) is 30.3 Å². The van der Waals surface area contributed by atoms with Crippen molar-refractivity contribution in [1.82, 2.24) is 9.97 Å². The van der Waals surface area contributed by atoms with Crippen molar-refractivity contribution < 1.29 is 0 Å². The SMILES string of the molecule is O=c1c2cc(Cl)ccc2[nH]c2cc3c(=O)c4cc(CI)ccc4[nH]c3cc12. The van der Waals surface area contributed by atoms with Crippen molar-refractivity contribution in [1.29, 1.82) is 0 Å². The normalized spacial score (nSPS) is 11.8. The van der Waals surface area contributed by atoms with Crippen LogP contribution in [0, 0.1) is 0 Å². The van der Waals surface area contributed by atoms with Crippen molar-refractivity contribution in [3.05, 3.63) is 79.6 Å². The summed E-state index contributed by atoms with van der Waals surface area (Å²) < 4.78 is 0.838. The summed E-state index contributed by atoms with van der Waals surface area (Å²) in [7, 11) is 0. The number of hydrogen-bond donors (Lipinski definition) is 2. The third kappa shape index (κ3) is 2.56. The van der Waals surface area contributed by atoms with Gasteiger partial charge in [0.25, 0.3) is 0 Å². The van der Waals surface area contributed by atoms with Gasteiger partial charge in [0, 0.05) is 42.0 Å². The summed E-state index contributed by atoms with van der Waals surface area (Å²) >= 11 is 8.33. The van der Waals surface area contributed by atoms with Gasteiger partial charge in [-0.2, -0.15) is 0 Å². The molecule has 4 nitrogen and oxygen atoms in total. The average molecular weight is 487 g/mol. The number of benzene rings is 3. The summed E-state index contributed by atoms with van der Waals surface area (Å²) in [5, 5.41) is 2.79. The fourth-order valence-corrected chi connectivity index (χ4v) is 4.19. The van der Waals surface area contributed by atoms with Gasteiger partial charge < -0.3 is 9.97 Å². The number of alkyl halides is 1. The van der Waals surface area contributed by atoms with E-state index in [1.165, 1.54) is 0 Å². The van der Waals surface area contributed by atoms with Crippen LogP contribution in [0.1, 0.15) is 5.56 Å². The lowest BCUT2D eigenvalue weighted by molar-refractivity contribution is 1.43.